The van der Waals surface area contributed by atoms with Crippen LogP contribution in [0.5, 0.6) is 0 Å². The summed E-state index contributed by atoms with van der Waals surface area (Å²) in [4.78, 5) is 13.3. The van der Waals surface area contributed by atoms with Crippen LogP contribution in [0.15, 0.2) is 0 Å². The first-order valence-corrected chi connectivity index (χ1v) is 4.80. The largest absolute Gasteiger partial charge is 0.381 e. The van der Waals surface area contributed by atoms with Crippen LogP contribution in [0.3, 0.4) is 0 Å². The molecule has 0 aromatic carbocycles. The number of likely N-dealkylation sites (tertiary alicyclic amines) is 1. The fourth-order valence-corrected chi connectivity index (χ4v) is 1.63. The monoisotopic (exact) mass is 185 g/mol. The molecule has 3 nitrogen and oxygen atoms in total. The first-order chi connectivity index (χ1) is 5.78. The van der Waals surface area contributed by atoms with E-state index in [9.17, 15) is 9.90 Å². The highest BCUT2D eigenvalue weighted by Crippen LogP contribution is 2.34. The molecule has 1 rings (SSSR count). The van der Waals surface area contributed by atoms with Gasteiger partial charge in [-0.3, -0.25) is 4.79 Å². The minimum Gasteiger partial charge on any atom is -0.381 e. The van der Waals surface area contributed by atoms with Crippen molar-refractivity contribution in [1.82, 2.24) is 4.90 Å². The van der Waals surface area contributed by atoms with Crippen LogP contribution >= 0.6 is 0 Å². The molecule has 0 aliphatic carbocycles. The maximum absolute atomic E-state index is 11.5. The molecule has 0 unspecified atom stereocenters. The van der Waals surface area contributed by atoms with Crippen molar-refractivity contribution >= 4 is 5.91 Å². The minimum atomic E-state index is -1.21. The Morgan fingerprint density at radius 3 is 2.31 bits per heavy atom. The zero-order valence-electron chi connectivity index (χ0n) is 8.92. The van der Waals surface area contributed by atoms with Crippen molar-refractivity contribution in [3.05, 3.63) is 0 Å². The van der Waals surface area contributed by atoms with Gasteiger partial charge < -0.3 is 10.0 Å². The van der Waals surface area contributed by atoms with Gasteiger partial charge in [-0.2, -0.15) is 0 Å². The molecule has 76 valence electrons. The van der Waals surface area contributed by atoms with Crippen LogP contribution in [-0.4, -0.2) is 34.6 Å². The standard InChI is InChI=1S/C10H19NO2/c1-5-10(4)6-11(7-10)8(12)9(2,3)13/h13H,5-7H2,1-4H3. The van der Waals surface area contributed by atoms with Crippen molar-refractivity contribution in [3.8, 4) is 0 Å². The number of carbonyl (C=O) groups is 1. The van der Waals surface area contributed by atoms with E-state index in [4.69, 9.17) is 0 Å². The van der Waals surface area contributed by atoms with Gasteiger partial charge in [0.15, 0.2) is 0 Å². The van der Waals surface area contributed by atoms with Crippen molar-refractivity contribution in [3.63, 3.8) is 0 Å². The second-order valence-electron chi connectivity index (χ2n) is 4.88. The van der Waals surface area contributed by atoms with Crippen LogP contribution in [0.4, 0.5) is 0 Å². The number of hydrogen-bond donors (Lipinski definition) is 1. The fourth-order valence-electron chi connectivity index (χ4n) is 1.63. The van der Waals surface area contributed by atoms with E-state index >= 15 is 0 Å². The zero-order valence-corrected chi connectivity index (χ0v) is 8.92. The molecular formula is C10H19NO2. The normalized spacial score (nSPS) is 21.2. The third-order valence-electron chi connectivity index (χ3n) is 2.81. The molecule has 1 fully saturated rings. The lowest BCUT2D eigenvalue weighted by atomic mass is 9.79. The highest BCUT2D eigenvalue weighted by atomic mass is 16.3. The van der Waals surface area contributed by atoms with Gasteiger partial charge in [0.2, 0.25) is 0 Å². The molecule has 0 spiro atoms. The van der Waals surface area contributed by atoms with Crippen LogP contribution in [0.2, 0.25) is 0 Å². The number of nitrogens with zero attached hydrogens (tertiary/aromatic N) is 1. The summed E-state index contributed by atoms with van der Waals surface area (Å²) in [5, 5.41) is 9.47. The van der Waals surface area contributed by atoms with Crippen molar-refractivity contribution in [1.29, 1.82) is 0 Å². The fraction of sp³-hybridized carbons (Fsp3) is 0.900. The molecule has 13 heavy (non-hydrogen) atoms. The highest BCUT2D eigenvalue weighted by Gasteiger charge is 2.43. The molecule has 1 aliphatic rings. The predicted octanol–water partition coefficient (Wildman–Crippen LogP) is 1.02. The van der Waals surface area contributed by atoms with Gasteiger partial charge in [-0.15, -0.1) is 0 Å². The number of hydrogen-bond acceptors (Lipinski definition) is 2. The summed E-state index contributed by atoms with van der Waals surface area (Å²) in [6.07, 6.45) is 1.09. The van der Waals surface area contributed by atoms with Crippen molar-refractivity contribution in [2.45, 2.75) is 39.7 Å². The molecule has 3 heteroatoms. The molecular weight excluding hydrogens is 166 g/mol. The van der Waals surface area contributed by atoms with Gasteiger partial charge in [0.1, 0.15) is 5.60 Å². The second-order valence-corrected chi connectivity index (χ2v) is 4.88. The maximum atomic E-state index is 11.5. The summed E-state index contributed by atoms with van der Waals surface area (Å²) in [7, 11) is 0. The molecule has 0 aromatic heterocycles. The quantitative estimate of drug-likeness (QED) is 0.697. The SMILES string of the molecule is CCC1(C)CN(C(=O)C(C)(C)O)C1. The topological polar surface area (TPSA) is 40.5 Å². The van der Waals surface area contributed by atoms with E-state index in [2.05, 4.69) is 13.8 Å². The van der Waals surface area contributed by atoms with Gasteiger partial charge in [-0.1, -0.05) is 13.8 Å². The molecule has 0 bridgehead atoms. The average Bonchev–Trinajstić information content (AvgIpc) is 1.95. The number of aliphatic hydroxyl groups is 1. The molecule has 0 saturated carbocycles. The molecule has 1 aliphatic heterocycles. The lowest BCUT2D eigenvalue weighted by molar-refractivity contribution is -0.159. The summed E-state index contributed by atoms with van der Waals surface area (Å²) in [5.74, 6) is -0.154. The summed E-state index contributed by atoms with van der Waals surface area (Å²) >= 11 is 0. The summed E-state index contributed by atoms with van der Waals surface area (Å²) in [6, 6.07) is 0. The third-order valence-corrected chi connectivity index (χ3v) is 2.81. The van der Waals surface area contributed by atoms with Gasteiger partial charge >= 0.3 is 0 Å². The van der Waals surface area contributed by atoms with E-state index in [0.717, 1.165) is 19.5 Å². The van der Waals surface area contributed by atoms with Gasteiger partial charge in [0.25, 0.3) is 5.91 Å². The van der Waals surface area contributed by atoms with E-state index in [-0.39, 0.29) is 11.3 Å². The first kappa shape index (κ1) is 10.5. The summed E-state index contributed by atoms with van der Waals surface area (Å²) < 4.78 is 0. The molecule has 1 amide bonds. The van der Waals surface area contributed by atoms with E-state index in [1.165, 1.54) is 13.8 Å². The Bertz CT molecular complexity index is 211. The van der Waals surface area contributed by atoms with Crippen LogP contribution in [0, 0.1) is 5.41 Å². The maximum Gasteiger partial charge on any atom is 0.253 e. The Balaban J connectivity index is 2.49. The molecule has 0 atom stereocenters. The number of amides is 1. The van der Waals surface area contributed by atoms with Gasteiger partial charge in [0, 0.05) is 18.5 Å². The van der Waals surface area contributed by atoms with E-state index < -0.39 is 5.60 Å². The van der Waals surface area contributed by atoms with Crippen LogP contribution in [0.1, 0.15) is 34.1 Å². The van der Waals surface area contributed by atoms with Crippen molar-refractivity contribution in [2.75, 3.05) is 13.1 Å². The highest BCUT2D eigenvalue weighted by molar-refractivity contribution is 5.84. The molecule has 1 N–H and O–H groups in total. The van der Waals surface area contributed by atoms with Crippen molar-refractivity contribution in [2.24, 2.45) is 5.41 Å². The first-order valence-electron chi connectivity index (χ1n) is 4.80. The second kappa shape index (κ2) is 2.98. The van der Waals surface area contributed by atoms with E-state index in [0.29, 0.717) is 0 Å². The molecule has 0 radical (unpaired) electrons. The number of rotatable bonds is 2. The predicted molar refractivity (Wildman–Crippen MR) is 51.3 cm³/mol. The van der Waals surface area contributed by atoms with Gasteiger partial charge in [-0.05, 0) is 20.3 Å². The van der Waals surface area contributed by atoms with E-state index in [1.807, 2.05) is 0 Å². The van der Waals surface area contributed by atoms with Gasteiger partial charge in [0.05, 0.1) is 0 Å². The molecule has 0 aromatic rings. The smallest absolute Gasteiger partial charge is 0.253 e. The Labute approximate surface area is 79.7 Å². The summed E-state index contributed by atoms with van der Waals surface area (Å²) in [5.41, 5.74) is -0.935. The third kappa shape index (κ3) is 2.02. The summed E-state index contributed by atoms with van der Waals surface area (Å²) in [6.45, 7) is 8.94. The van der Waals surface area contributed by atoms with Gasteiger partial charge in [-0.25, -0.2) is 0 Å². The molecule has 1 heterocycles. The van der Waals surface area contributed by atoms with E-state index in [1.54, 1.807) is 4.90 Å². The van der Waals surface area contributed by atoms with Crippen LogP contribution < -0.4 is 0 Å². The Hall–Kier alpha value is -0.570. The number of carbonyl (C=O) groups excluding carboxylic acids is 1. The molecule has 1 saturated heterocycles. The average molecular weight is 185 g/mol. The van der Waals surface area contributed by atoms with Crippen LogP contribution in [0.25, 0.3) is 0 Å². The van der Waals surface area contributed by atoms with Crippen molar-refractivity contribution < 1.29 is 9.90 Å². The lowest BCUT2D eigenvalue weighted by Crippen LogP contribution is -2.61. The Kier molecular flexibility index (Phi) is 2.41. The Morgan fingerprint density at radius 2 is 2.00 bits per heavy atom. The minimum absolute atomic E-state index is 0.154. The lowest BCUT2D eigenvalue weighted by Gasteiger charge is -2.49. The van der Waals surface area contributed by atoms with Crippen LogP contribution in [-0.2, 0) is 4.79 Å². The Morgan fingerprint density at radius 1 is 1.54 bits per heavy atom. The zero-order chi connectivity index (χ0) is 10.3.